The van der Waals surface area contributed by atoms with E-state index < -0.39 is 6.10 Å². The van der Waals surface area contributed by atoms with Crippen molar-refractivity contribution in [3.8, 4) is 0 Å². The molecule has 0 fully saturated rings. The number of anilines is 1. The average Bonchev–Trinajstić information content (AvgIpc) is 2.67. The summed E-state index contributed by atoms with van der Waals surface area (Å²) in [5.41, 5.74) is 2.03. The van der Waals surface area contributed by atoms with Crippen LogP contribution in [0.25, 0.3) is 0 Å². The van der Waals surface area contributed by atoms with Crippen LogP contribution in [-0.2, 0) is 0 Å². The number of aromatic nitrogens is 1. The van der Waals surface area contributed by atoms with Crippen LogP contribution in [0.5, 0.6) is 0 Å². The number of amides is 1. The van der Waals surface area contributed by atoms with E-state index in [1.54, 1.807) is 29.3 Å². The maximum absolute atomic E-state index is 12.6. The van der Waals surface area contributed by atoms with E-state index in [0.717, 1.165) is 17.7 Å². The van der Waals surface area contributed by atoms with Gasteiger partial charge in [0.05, 0.1) is 6.10 Å². The molecule has 1 aliphatic rings. The first-order valence-electron chi connectivity index (χ1n) is 6.77. The zero-order chi connectivity index (χ0) is 13.9. The molecule has 1 aromatic carbocycles. The Morgan fingerprint density at radius 3 is 2.80 bits per heavy atom. The number of fused-ring (bicyclic) bond motifs is 1. The van der Waals surface area contributed by atoms with Gasteiger partial charge in [-0.15, -0.1) is 0 Å². The quantitative estimate of drug-likeness (QED) is 0.864. The molecule has 4 nitrogen and oxygen atoms in total. The molecule has 0 spiro atoms. The first-order chi connectivity index (χ1) is 9.77. The van der Waals surface area contributed by atoms with Crippen molar-refractivity contribution in [2.45, 2.75) is 18.9 Å². The normalized spacial score (nSPS) is 18.2. The molecule has 102 valence electrons. The summed E-state index contributed by atoms with van der Waals surface area (Å²) in [5.74, 6) is -0.118. The first-order valence-corrected chi connectivity index (χ1v) is 6.77. The number of hydrogen-bond donors (Lipinski definition) is 1. The Labute approximate surface area is 117 Å². The number of carbonyl (C=O) groups is 1. The van der Waals surface area contributed by atoms with Crippen molar-refractivity contribution < 1.29 is 9.90 Å². The largest absolute Gasteiger partial charge is 0.388 e. The van der Waals surface area contributed by atoms with E-state index >= 15 is 0 Å². The van der Waals surface area contributed by atoms with Gasteiger partial charge in [0, 0.05) is 24.0 Å². The third-order valence-corrected chi connectivity index (χ3v) is 3.57. The first kappa shape index (κ1) is 12.8. The molecule has 0 aliphatic carbocycles. The zero-order valence-electron chi connectivity index (χ0n) is 11.1. The van der Waals surface area contributed by atoms with Gasteiger partial charge in [0.15, 0.2) is 0 Å². The summed E-state index contributed by atoms with van der Waals surface area (Å²) in [5, 5.41) is 10.2. The third kappa shape index (κ3) is 2.30. The maximum Gasteiger partial charge on any atom is 0.276 e. The molecule has 2 aromatic rings. The van der Waals surface area contributed by atoms with Gasteiger partial charge in [-0.2, -0.15) is 0 Å². The molecule has 3 rings (SSSR count). The molecule has 0 bridgehead atoms. The van der Waals surface area contributed by atoms with Crippen LogP contribution in [0.4, 0.5) is 5.69 Å². The van der Waals surface area contributed by atoms with Gasteiger partial charge in [-0.1, -0.05) is 24.3 Å². The number of carbonyl (C=O) groups excluding carboxylic acids is 1. The van der Waals surface area contributed by atoms with Gasteiger partial charge < -0.3 is 10.0 Å². The number of pyridine rings is 1. The molecular weight excluding hydrogens is 252 g/mol. The number of benzene rings is 1. The number of aliphatic hydroxyl groups is 1. The fourth-order valence-corrected chi connectivity index (χ4v) is 2.57. The number of rotatable bonds is 1. The molecule has 1 N–H and O–H groups in total. The molecule has 0 saturated heterocycles. The summed E-state index contributed by atoms with van der Waals surface area (Å²) in [6, 6.07) is 12.8. The van der Waals surface area contributed by atoms with Gasteiger partial charge in [-0.3, -0.25) is 9.78 Å². The Morgan fingerprint density at radius 1 is 1.20 bits per heavy atom. The van der Waals surface area contributed by atoms with Crippen LogP contribution in [0, 0.1) is 0 Å². The van der Waals surface area contributed by atoms with Gasteiger partial charge in [0.25, 0.3) is 5.91 Å². The van der Waals surface area contributed by atoms with Crippen molar-refractivity contribution in [3.63, 3.8) is 0 Å². The smallest absolute Gasteiger partial charge is 0.276 e. The predicted molar refractivity (Wildman–Crippen MR) is 76.5 cm³/mol. The Balaban J connectivity index is 2.01. The van der Waals surface area contributed by atoms with Gasteiger partial charge >= 0.3 is 0 Å². The van der Waals surface area contributed by atoms with Crippen molar-refractivity contribution in [2.75, 3.05) is 11.4 Å². The molecule has 1 aliphatic heterocycles. The highest BCUT2D eigenvalue weighted by Crippen LogP contribution is 2.33. The summed E-state index contributed by atoms with van der Waals surface area (Å²) in [4.78, 5) is 18.4. The second-order valence-electron chi connectivity index (χ2n) is 4.89. The molecule has 1 amide bonds. The predicted octanol–water partition coefficient (Wildman–Crippen LogP) is 2.56. The van der Waals surface area contributed by atoms with Gasteiger partial charge in [-0.05, 0) is 31.0 Å². The monoisotopic (exact) mass is 268 g/mol. The fraction of sp³-hybridized carbons (Fsp3) is 0.250. The number of para-hydroxylation sites is 1. The molecule has 1 atom stereocenters. The van der Waals surface area contributed by atoms with Gasteiger partial charge in [-0.25, -0.2) is 0 Å². The van der Waals surface area contributed by atoms with Crippen molar-refractivity contribution in [1.82, 2.24) is 4.98 Å². The lowest BCUT2D eigenvalue weighted by Crippen LogP contribution is -2.32. The van der Waals surface area contributed by atoms with E-state index in [-0.39, 0.29) is 5.91 Å². The van der Waals surface area contributed by atoms with Crippen LogP contribution in [0.1, 0.15) is 35.0 Å². The minimum absolute atomic E-state index is 0.118. The van der Waals surface area contributed by atoms with Gasteiger partial charge in [0.2, 0.25) is 0 Å². The summed E-state index contributed by atoms with van der Waals surface area (Å²) >= 11 is 0. The Hall–Kier alpha value is -2.20. The molecule has 1 unspecified atom stereocenters. The number of aliphatic hydroxyl groups excluding tert-OH is 1. The lowest BCUT2D eigenvalue weighted by atomic mass is 10.0. The summed E-state index contributed by atoms with van der Waals surface area (Å²) < 4.78 is 0. The second-order valence-corrected chi connectivity index (χ2v) is 4.89. The zero-order valence-corrected chi connectivity index (χ0v) is 11.1. The van der Waals surface area contributed by atoms with E-state index in [1.165, 1.54) is 0 Å². The molecule has 2 heterocycles. The second kappa shape index (κ2) is 5.43. The summed E-state index contributed by atoms with van der Waals surface area (Å²) in [6.07, 6.45) is 2.55. The highest BCUT2D eigenvalue weighted by Gasteiger charge is 2.26. The Morgan fingerprint density at radius 2 is 2.00 bits per heavy atom. The van der Waals surface area contributed by atoms with Crippen molar-refractivity contribution in [1.29, 1.82) is 0 Å². The van der Waals surface area contributed by atoms with Crippen LogP contribution >= 0.6 is 0 Å². The molecule has 0 saturated carbocycles. The lowest BCUT2D eigenvalue weighted by molar-refractivity contribution is 0.0982. The van der Waals surface area contributed by atoms with Crippen LogP contribution in [0.2, 0.25) is 0 Å². The Kier molecular flexibility index (Phi) is 3.48. The van der Waals surface area contributed by atoms with E-state index in [0.29, 0.717) is 18.7 Å². The van der Waals surface area contributed by atoms with Crippen LogP contribution in [0.15, 0.2) is 48.7 Å². The fourth-order valence-electron chi connectivity index (χ4n) is 2.57. The molecule has 1 aromatic heterocycles. The molecule has 4 heteroatoms. The lowest BCUT2D eigenvalue weighted by Gasteiger charge is -2.22. The summed E-state index contributed by atoms with van der Waals surface area (Å²) in [6.45, 7) is 0.601. The molecular formula is C16H16N2O2. The van der Waals surface area contributed by atoms with Gasteiger partial charge in [0.1, 0.15) is 5.69 Å². The van der Waals surface area contributed by atoms with E-state index in [1.807, 2.05) is 24.3 Å². The maximum atomic E-state index is 12.6. The summed E-state index contributed by atoms with van der Waals surface area (Å²) in [7, 11) is 0. The van der Waals surface area contributed by atoms with Crippen molar-refractivity contribution in [2.24, 2.45) is 0 Å². The van der Waals surface area contributed by atoms with E-state index in [2.05, 4.69) is 4.98 Å². The van der Waals surface area contributed by atoms with E-state index in [9.17, 15) is 9.90 Å². The van der Waals surface area contributed by atoms with Crippen LogP contribution < -0.4 is 4.90 Å². The Bertz CT molecular complexity index is 613. The SMILES string of the molecule is O=C(c1ccccn1)N1CCCC(O)c2ccccc21. The molecule has 20 heavy (non-hydrogen) atoms. The minimum atomic E-state index is -0.507. The number of hydrogen-bond acceptors (Lipinski definition) is 3. The highest BCUT2D eigenvalue weighted by molar-refractivity contribution is 6.05. The highest BCUT2D eigenvalue weighted by atomic mass is 16.3. The standard InChI is InChI=1S/C16H16N2O2/c19-15-9-5-11-18(14-8-2-1-6-12(14)15)16(20)13-7-3-4-10-17-13/h1-4,6-8,10,15,19H,5,9,11H2. The topological polar surface area (TPSA) is 53.4 Å². The van der Waals surface area contributed by atoms with Crippen LogP contribution in [0.3, 0.4) is 0 Å². The third-order valence-electron chi connectivity index (χ3n) is 3.57. The van der Waals surface area contributed by atoms with Crippen LogP contribution in [-0.4, -0.2) is 22.5 Å². The van der Waals surface area contributed by atoms with Crippen molar-refractivity contribution in [3.05, 3.63) is 59.9 Å². The van der Waals surface area contributed by atoms with Crippen molar-refractivity contribution >= 4 is 11.6 Å². The number of nitrogens with zero attached hydrogens (tertiary/aromatic N) is 2. The minimum Gasteiger partial charge on any atom is -0.388 e. The molecule has 0 radical (unpaired) electrons. The van der Waals surface area contributed by atoms with E-state index in [4.69, 9.17) is 0 Å². The average molecular weight is 268 g/mol.